The monoisotopic (exact) mass is 443 g/mol. The van der Waals surface area contributed by atoms with Gasteiger partial charge in [-0.1, -0.05) is 12.1 Å². The Morgan fingerprint density at radius 2 is 1.84 bits per heavy atom. The largest absolute Gasteiger partial charge is 0.495 e. The lowest BCUT2D eigenvalue weighted by Crippen LogP contribution is -2.40. The number of nitrogens with one attached hydrogen (secondary N) is 2. The predicted molar refractivity (Wildman–Crippen MR) is 116 cm³/mol. The normalized spacial score (nSPS) is 11.9. The molecule has 10 heteroatoms. The van der Waals surface area contributed by atoms with Crippen molar-refractivity contribution >= 4 is 15.9 Å². The molecule has 2 N–H and O–H groups in total. The highest BCUT2D eigenvalue weighted by Gasteiger charge is 2.26. The van der Waals surface area contributed by atoms with E-state index in [0.29, 0.717) is 0 Å². The fourth-order valence-electron chi connectivity index (χ4n) is 2.88. The Kier molecular flexibility index (Phi) is 6.42. The summed E-state index contributed by atoms with van der Waals surface area (Å²) in [7, 11) is -2.50. The highest BCUT2D eigenvalue weighted by Crippen LogP contribution is 2.26. The van der Waals surface area contributed by atoms with Gasteiger partial charge in [-0.05, 0) is 56.7 Å². The summed E-state index contributed by atoms with van der Waals surface area (Å²) in [6.45, 7) is 5.50. The zero-order valence-corrected chi connectivity index (χ0v) is 18.6. The molecule has 0 spiro atoms. The third kappa shape index (κ3) is 5.68. The van der Waals surface area contributed by atoms with Crippen LogP contribution in [-0.4, -0.2) is 41.7 Å². The number of sulfonamides is 1. The molecule has 2 aromatic carbocycles. The number of nitrogens with zero attached hydrogens (tertiary/aromatic N) is 3. The third-order valence-corrected chi connectivity index (χ3v) is 6.01. The summed E-state index contributed by atoms with van der Waals surface area (Å²) in [6, 6.07) is 11.8. The van der Waals surface area contributed by atoms with Gasteiger partial charge in [0.25, 0.3) is 5.91 Å². The van der Waals surface area contributed by atoms with Crippen LogP contribution in [0.5, 0.6) is 5.75 Å². The van der Waals surface area contributed by atoms with Crippen LogP contribution in [0.2, 0.25) is 0 Å². The highest BCUT2D eigenvalue weighted by molar-refractivity contribution is 7.89. The van der Waals surface area contributed by atoms with E-state index in [1.54, 1.807) is 31.8 Å². The zero-order valence-electron chi connectivity index (χ0n) is 17.8. The minimum absolute atomic E-state index is 0.0882. The van der Waals surface area contributed by atoms with Crippen molar-refractivity contribution in [1.82, 2.24) is 24.8 Å². The molecule has 0 saturated carbocycles. The Morgan fingerprint density at radius 3 is 2.42 bits per heavy atom. The lowest BCUT2D eigenvalue weighted by molar-refractivity contribution is 0.0950. The van der Waals surface area contributed by atoms with E-state index in [-0.39, 0.29) is 22.8 Å². The molecule has 3 aromatic rings. The predicted octanol–water partition coefficient (Wildman–Crippen LogP) is 2.28. The molecule has 0 saturated heterocycles. The number of carbonyl (C=O) groups is 1. The second kappa shape index (κ2) is 8.86. The van der Waals surface area contributed by atoms with Crippen molar-refractivity contribution in [2.45, 2.75) is 37.8 Å². The maximum Gasteiger partial charge on any atom is 0.251 e. The number of ether oxygens (including phenoxy) is 1. The Hall–Kier alpha value is -3.24. The highest BCUT2D eigenvalue weighted by atomic mass is 32.2. The Bertz CT molecular complexity index is 1150. The summed E-state index contributed by atoms with van der Waals surface area (Å²) in [5, 5.41) is 6.87. The second-order valence-electron chi connectivity index (χ2n) is 7.91. The fraction of sp³-hybridized carbons (Fsp3) is 0.286. The van der Waals surface area contributed by atoms with Gasteiger partial charge >= 0.3 is 0 Å². The molecule has 3 rings (SSSR count). The maximum absolute atomic E-state index is 12.8. The summed E-state index contributed by atoms with van der Waals surface area (Å²) in [4.78, 5) is 16.5. The van der Waals surface area contributed by atoms with Crippen molar-refractivity contribution < 1.29 is 17.9 Å². The minimum Gasteiger partial charge on any atom is -0.495 e. The number of methoxy groups -OCH3 is 1. The Morgan fingerprint density at radius 1 is 1.13 bits per heavy atom. The molecule has 0 aliphatic rings. The zero-order chi connectivity index (χ0) is 22.6. The van der Waals surface area contributed by atoms with E-state index >= 15 is 0 Å². The van der Waals surface area contributed by atoms with Crippen LogP contribution in [-0.2, 0) is 16.6 Å². The van der Waals surface area contributed by atoms with Crippen LogP contribution >= 0.6 is 0 Å². The van der Waals surface area contributed by atoms with Crippen LogP contribution in [0.4, 0.5) is 0 Å². The van der Waals surface area contributed by atoms with Crippen molar-refractivity contribution in [3.8, 4) is 11.4 Å². The summed E-state index contributed by atoms with van der Waals surface area (Å²) in [5.74, 6) is -0.229. The standard InChI is InChI=1S/C21H25N5O4S/c1-21(2,3)25-31(28,29)19-11-16(7-10-18(19)30-4)20(27)23-12-15-5-8-17(9-6-15)26-14-22-13-24-26/h5-11,13-14,25H,12H2,1-4H3,(H,23,27). The van der Waals surface area contributed by atoms with Crippen molar-refractivity contribution in [1.29, 1.82) is 0 Å². The van der Waals surface area contributed by atoms with Crippen molar-refractivity contribution in [2.24, 2.45) is 0 Å². The molecule has 0 bridgehead atoms. The van der Waals surface area contributed by atoms with Gasteiger partial charge in [-0.25, -0.2) is 22.8 Å². The number of carbonyl (C=O) groups excluding carboxylic acids is 1. The first kappa shape index (κ1) is 22.4. The van der Waals surface area contributed by atoms with E-state index in [2.05, 4.69) is 20.1 Å². The van der Waals surface area contributed by atoms with E-state index in [1.807, 2.05) is 24.3 Å². The van der Waals surface area contributed by atoms with Crippen LogP contribution in [0.1, 0.15) is 36.7 Å². The number of hydrogen-bond donors (Lipinski definition) is 2. The molecule has 0 fully saturated rings. The maximum atomic E-state index is 12.8. The smallest absolute Gasteiger partial charge is 0.251 e. The molecular weight excluding hydrogens is 418 g/mol. The first-order valence-corrected chi connectivity index (χ1v) is 11.0. The summed E-state index contributed by atoms with van der Waals surface area (Å²) < 4.78 is 35.0. The number of hydrogen-bond acceptors (Lipinski definition) is 6. The molecule has 0 aliphatic heterocycles. The molecule has 0 aliphatic carbocycles. The molecular formula is C21H25N5O4S. The lowest BCUT2D eigenvalue weighted by atomic mass is 10.1. The molecule has 0 unspecified atom stereocenters. The van der Waals surface area contributed by atoms with Crippen molar-refractivity contribution in [3.05, 3.63) is 66.2 Å². The average Bonchev–Trinajstić information content (AvgIpc) is 3.25. The summed E-state index contributed by atoms with van der Waals surface area (Å²) in [5.41, 5.74) is 1.27. The molecule has 0 atom stereocenters. The van der Waals surface area contributed by atoms with Gasteiger partial charge in [0, 0.05) is 17.6 Å². The van der Waals surface area contributed by atoms with Gasteiger partial charge in [-0.2, -0.15) is 5.10 Å². The van der Waals surface area contributed by atoms with E-state index in [1.165, 1.54) is 31.6 Å². The van der Waals surface area contributed by atoms with Crippen LogP contribution in [0.15, 0.2) is 60.0 Å². The van der Waals surface area contributed by atoms with Gasteiger partial charge in [0.15, 0.2) is 0 Å². The SMILES string of the molecule is COc1ccc(C(=O)NCc2ccc(-n3cncn3)cc2)cc1S(=O)(=O)NC(C)(C)C. The quantitative estimate of drug-likeness (QED) is 0.579. The van der Waals surface area contributed by atoms with Gasteiger partial charge in [0.1, 0.15) is 23.3 Å². The van der Waals surface area contributed by atoms with Crippen LogP contribution in [0.3, 0.4) is 0 Å². The van der Waals surface area contributed by atoms with Gasteiger partial charge in [0.2, 0.25) is 10.0 Å². The Labute approximate surface area is 181 Å². The van der Waals surface area contributed by atoms with E-state index in [9.17, 15) is 13.2 Å². The number of benzene rings is 2. The fourth-order valence-corrected chi connectivity index (χ4v) is 4.49. The summed E-state index contributed by atoms with van der Waals surface area (Å²) in [6.07, 6.45) is 3.05. The van der Waals surface area contributed by atoms with Crippen LogP contribution < -0.4 is 14.8 Å². The molecule has 1 heterocycles. The summed E-state index contributed by atoms with van der Waals surface area (Å²) >= 11 is 0. The molecule has 164 valence electrons. The third-order valence-electron chi connectivity index (χ3n) is 4.23. The first-order valence-electron chi connectivity index (χ1n) is 9.53. The van der Waals surface area contributed by atoms with Gasteiger partial charge in [-0.15, -0.1) is 0 Å². The van der Waals surface area contributed by atoms with Crippen LogP contribution in [0.25, 0.3) is 5.69 Å². The molecule has 31 heavy (non-hydrogen) atoms. The number of rotatable bonds is 7. The van der Waals surface area contributed by atoms with E-state index in [0.717, 1.165) is 11.3 Å². The molecule has 1 amide bonds. The second-order valence-corrected chi connectivity index (χ2v) is 9.56. The molecule has 9 nitrogen and oxygen atoms in total. The van der Waals surface area contributed by atoms with Crippen molar-refractivity contribution in [2.75, 3.05) is 7.11 Å². The number of amides is 1. The van der Waals surface area contributed by atoms with Crippen LogP contribution in [0, 0.1) is 0 Å². The Balaban J connectivity index is 1.74. The lowest BCUT2D eigenvalue weighted by Gasteiger charge is -2.21. The van der Waals surface area contributed by atoms with Gasteiger partial charge < -0.3 is 10.1 Å². The molecule has 0 radical (unpaired) electrons. The van der Waals surface area contributed by atoms with Gasteiger partial charge in [-0.3, -0.25) is 4.79 Å². The van der Waals surface area contributed by atoms with Crippen molar-refractivity contribution in [3.63, 3.8) is 0 Å². The molecule has 1 aromatic heterocycles. The topological polar surface area (TPSA) is 115 Å². The average molecular weight is 444 g/mol. The van der Waals surface area contributed by atoms with E-state index in [4.69, 9.17) is 4.74 Å². The minimum atomic E-state index is -3.88. The first-order chi connectivity index (χ1) is 14.6. The van der Waals surface area contributed by atoms with E-state index < -0.39 is 21.5 Å². The van der Waals surface area contributed by atoms with Gasteiger partial charge in [0.05, 0.1) is 12.8 Å². The number of aromatic nitrogens is 3.